The number of anilines is 1. The van der Waals surface area contributed by atoms with Crippen LogP contribution in [0.4, 0.5) is 5.82 Å². The molecule has 0 saturated carbocycles. The second-order valence-electron chi connectivity index (χ2n) is 4.62. The van der Waals surface area contributed by atoms with Gasteiger partial charge < -0.3 is 10.6 Å². The van der Waals surface area contributed by atoms with Gasteiger partial charge in [0, 0.05) is 23.7 Å². The van der Waals surface area contributed by atoms with Crippen molar-refractivity contribution in [2.45, 2.75) is 25.9 Å². The van der Waals surface area contributed by atoms with E-state index >= 15 is 0 Å². The summed E-state index contributed by atoms with van der Waals surface area (Å²) in [5.74, 6) is 0.587. The van der Waals surface area contributed by atoms with Crippen LogP contribution in [-0.2, 0) is 13.0 Å². The van der Waals surface area contributed by atoms with Crippen molar-refractivity contribution in [3.05, 3.63) is 34.7 Å². The topological polar surface area (TPSA) is 47.1 Å². The molecule has 98 valence electrons. The van der Waals surface area contributed by atoms with Gasteiger partial charge >= 0.3 is 0 Å². The largest absolute Gasteiger partial charge is 0.382 e. The lowest BCUT2D eigenvalue weighted by atomic mass is 10.2. The van der Waals surface area contributed by atoms with Gasteiger partial charge in [-0.15, -0.1) is 11.3 Å². The third-order valence-corrected chi connectivity index (χ3v) is 4.07. The fourth-order valence-corrected chi connectivity index (χ4v) is 2.68. The van der Waals surface area contributed by atoms with Crippen molar-refractivity contribution in [3.8, 4) is 0 Å². The average molecular weight is 264 g/mol. The maximum atomic E-state index is 5.59. The Balaban J connectivity index is 1.78. The number of hydrogen-bond donors (Lipinski definition) is 1. The predicted molar refractivity (Wildman–Crippen MR) is 76.8 cm³/mol. The second-order valence-corrected chi connectivity index (χ2v) is 5.65. The minimum Gasteiger partial charge on any atom is -0.382 e. The van der Waals surface area contributed by atoms with E-state index in [4.69, 9.17) is 5.73 Å². The highest BCUT2D eigenvalue weighted by Gasteiger charge is 2.10. The Bertz CT molecular complexity index is 463. The van der Waals surface area contributed by atoms with Crippen molar-refractivity contribution in [2.75, 3.05) is 19.3 Å². The molecule has 0 bridgehead atoms. The van der Waals surface area contributed by atoms with Gasteiger partial charge in [0.05, 0.1) is 6.54 Å². The summed E-state index contributed by atoms with van der Waals surface area (Å²) in [6.45, 7) is 4.12. The molecule has 2 rings (SSSR count). The van der Waals surface area contributed by atoms with Crippen LogP contribution in [0.5, 0.6) is 0 Å². The molecule has 0 spiro atoms. The Morgan fingerprint density at radius 3 is 2.94 bits per heavy atom. The van der Waals surface area contributed by atoms with E-state index < -0.39 is 0 Å². The van der Waals surface area contributed by atoms with Gasteiger partial charge in [-0.3, -0.25) is 4.68 Å². The molecule has 2 N–H and O–H groups in total. The van der Waals surface area contributed by atoms with Crippen LogP contribution < -0.4 is 5.73 Å². The highest BCUT2D eigenvalue weighted by molar-refractivity contribution is 7.09. The summed E-state index contributed by atoms with van der Waals surface area (Å²) < 4.78 is 1.89. The lowest BCUT2D eigenvalue weighted by Crippen LogP contribution is -2.33. The Morgan fingerprint density at radius 2 is 2.33 bits per heavy atom. The quantitative estimate of drug-likeness (QED) is 0.869. The molecule has 18 heavy (non-hydrogen) atoms. The fraction of sp³-hybridized carbons (Fsp3) is 0.462. The van der Waals surface area contributed by atoms with Crippen LogP contribution in [0.3, 0.4) is 0 Å². The molecule has 2 aromatic heterocycles. The van der Waals surface area contributed by atoms with Crippen molar-refractivity contribution < 1.29 is 0 Å². The monoisotopic (exact) mass is 264 g/mol. The zero-order valence-electron chi connectivity index (χ0n) is 10.9. The van der Waals surface area contributed by atoms with E-state index in [1.54, 1.807) is 0 Å². The molecule has 0 radical (unpaired) electrons. The standard InChI is InChI=1S/C13H20N4S/c1-11(10-12-4-3-9-18-12)16(2)7-8-17-6-5-13(14)15-17/h3-6,9,11H,7-8,10H2,1-2H3,(H2,14,15). The van der Waals surface area contributed by atoms with Gasteiger partial charge in [0.1, 0.15) is 5.82 Å². The van der Waals surface area contributed by atoms with Crippen LogP contribution >= 0.6 is 11.3 Å². The third-order valence-electron chi connectivity index (χ3n) is 3.17. The van der Waals surface area contributed by atoms with Gasteiger partial charge in [0.2, 0.25) is 0 Å². The summed E-state index contributed by atoms with van der Waals surface area (Å²) in [6.07, 6.45) is 3.03. The summed E-state index contributed by atoms with van der Waals surface area (Å²) in [5.41, 5.74) is 5.59. The molecule has 0 aliphatic carbocycles. The Hall–Kier alpha value is -1.33. The molecule has 1 unspecified atom stereocenters. The number of nitrogens with two attached hydrogens (primary N) is 1. The molecule has 0 aliphatic rings. The molecule has 4 nitrogen and oxygen atoms in total. The highest BCUT2D eigenvalue weighted by Crippen LogP contribution is 2.13. The molecular formula is C13H20N4S. The minimum atomic E-state index is 0.538. The van der Waals surface area contributed by atoms with E-state index in [0.717, 1.165) is 19.5 Å². The molecule has 1 atom stereocenters. The van der Waals surface area contributed by atoms with E-state index in [1.807, 2.05) is 28.3 Å². The fourth-order valence-electron chi connectivity index (χ4n) is 1.86. The lowest BCUT2D eigenvalue weighted by Gasteiger charge is -2.24. The van der Waals surface area contributed by atoms with E-state index in [0.29, 0.717) is 11.9 Å². The van der Waals surface area contributed by atoms with Crippen LogP contribution in [-0.4, -0.2) is 34.3 Å². The van der Waals surface area contributed by atoms with Crippen LogP contribution in [0.15, 0.2) is 29.8 Å². The smallest absolute Gasteiger partial charge is 0.145 e. The van der Waals surface area contributed by atoms with Gasteiger partial charge in [-0.25, -0.2) is 0 Å². The maximum Gasteiger partial charge on any atom is 0.145 e. The molecule has 0 fully saturated rings. The van der Waals surface area contributed by atoms with Gasteiger partial charge in [0.15, 0.2) is 0 Å². The molecule has 0 saturated heterocycles. The van der Waals surface area contributed by atoms with Crippen molar-refractivity contribution in [1.82, 2.24) is 14.7 Å². The average Bonchev–Trinajstić information content (AvgIpc) is 2.97. The first-order chi connectivity index (χ1) is 8.65. The molecule has 0 amide bonds. The molecular weight excluding hydrogens is 244 g/mol. The molecule has 5 heteroatoms. The van der Waals surface area contributed by atoms with Gasteiger partial charge in [-0.2, -0.15) is 5.10 Å². The Labute approximate surface area is 112 Å². The SMILES string of the molecule is CC(Cc1cccs1)N(C)CCn1ccc(N)n1. The van der Waals surface area contributed by atoms with E-state index in [2.05, 4.69) is 41.5 Å². The van der Waals surface area contributed by atoms with Gasteiger partial charge in [0.25, 0.3) is 0 Å². The zero-order valence-corrected chi connectivity index (χ0v) is 11.7. The third kappa shape index (κ3) is 3.58. The number of nitrogens with zero attached hydrogens (tertiary/aromatic N) is 3. The first kappa shape index (κ1) is 13.1. The Morgan fingerprint density at radius 1 is 1.50 bits per heavy atom. The summed E-state index contributed by atoms with van der Waals surface area (Å²) in [4.78, 5) is 3.80. The van der Waals surface area contributed by atoms with Crippen LogP contribution in [0.2, 0.25) is 0 Å². The van der Waals surface area contributed by atoms with E-state index in [9.17, 15) is 0 Å². The number of nitrogen functional groups attached to an aromatic ring is 1. The van der Waals surface area contributed by atoms with Crippen molar-refractivity contribution in [2.24, 2.45) is 0 Å². The van der Waals surface area contributed by atoms with Crippen LogP contribution in [0.1, 0.15) is 11.8 Å². The van der Waals surface area contributed by atoms with Crippen LogP contribution in [0.25, 0.3) is 0 Å². The first-order valence-electron chi connectivity index (χ1n) is 6.16. The lowest BCUT2D eigenvalue weighted by molar-refractivity contribution is 0.244. The summed E-state index contributed by atoms with van der Waals surface area (Å²) in [7, 11) is 2.16. The summed E-state index contributed by atoms with van der Waals surface area (Å²) in [5, 5.41) is 6.32. The first-order valence-corrected chi connectivity index (χ1v) is 7.04. The Kier molecular flexibility index (Phi) is 4.38. The van der Waals surface area contributed by atoms with Crippen molar-refractivity contribution in [3.63, 3.8) is 0 Å². The van der Waals surface area contributed by atoms with Crippen LogP contribution in [0, 0.1) is 0 Å². The van der Waals surface area contributed by atoms with E-state index in [-0.39, 0.29) is 0 Å². The predicted octanol–water partition coefficient (Wildman–Crippen LogP) is 2.09. The van der Waals surface area contributed by atoms with Gasteiger partial charge in [-0.05, 0) is 37.9 Å². The number of thiophene rings is 1. The van der Waals surface area contributed by atoms with Gasteiger partial charge in [-0.1, -0.05) is 6.07 Å². The maximum absolute atomic E-state index is 5.59. The normalized spacial score (nSPS) is 13.1. The minimum absolute atomic E-state index is 0.538. The molecule has 2 aromatic rings. The van der Waals surface area contributed by atoms with E-state index in [1.165, 1.54) is 4.88 Å². The van der Waals surface area contributed by atoms with Crippen molar-refractivity contribution >= 4 is 17.2 Å². The molecule has 2 heterocycles. The summed E-state index contributed by atoms with van der Waals surface area (Å²) in [6, 6.07) is 6.67. The second kappa shape index (κ2) is 6.02. The number of rotatable bonds is 6. The highest BCUT2D eigenvalue weighted by atomic mass is 32.1. The number of aromatic nitrogens is 2. The number of likely N-dealkylation sites (N-methyl/N-ethyl adjacent to an activating group) is 1. The molecule has 0 aromatic carbocycles. The summed E-state index contributed by atoms with van der Waals surface area (Å²) >= 11 is 1.83. The number of hydrogen-bond acceptors (Lipinski definition) is 4. The van der Waals surface area contributed by atoms with Crippen molar-refractivity contribution in [1.29, 1.82) is 0 Å². The molecule has 0 aliphatic heterocycles. The zero-order chi connectivity index (χ0) is 13.0.